The van der Waals surface area contributed by atoms with Crippen molar-refractivity contribution in [2.24, 2.45) is 0 Å². The van der Waals surface area contributed by atoms with Crippen LogP contribution in [0.1, 0.15) is 12.8 Å². The smallest absolute Gasteiger partial charge is 0.241 e. The molecule has 1 aliphatic rings. The number of nitrogens with zero attached hydrogens (tertiary/aromatic N) is 5. The number of ether oxygens (including phenoxy) is 1. The zero-order valence-electron chi connectivity index (χ0n) is 11.4. The molecule has 0 aromatic carbocycles. The molecular formula is C12H17N7O2. The molecule has 1 saturated heterocycles. The Morgan fingerprint density at radius 1 is 1.33 bits per heavy atom. The van der Waals surface area contributed by atoms with E-state index in [0.29, 0.717) is 44.5 Å². The van der Waals surface area contributed by atoms with Gasteiger partial charge in [-0.05, 0) is 0 Å². The quantitative estimate of drug-likeness (QED) is 0.694. The van der Waals surface area contributed by atoms with E-state index in [9.17, 15) is 5.11 Å². The minimum Gasteiger partial charge on any atom is -0.388 e. The van der Waals surface area contributed by atoms with Crippen LogP contribution in [0.5, 0.6) is 0 Å². The van der Waals surface area contributed by atoms with Crippen molar-refractivity contribution >= 4 is 11.9 Å². The van der Waals surface area contributed by atoms with Gasteiger partial charge in [-0.25, -0.2) is 4.98 Å². The van der Waals surface area contributed by atoms with E-state index in [4.69, 9.17) is 10.5 Å². The summed E-state index contributed by atoms with van der Waals surface area (Å²) < 4.78 is 6.88. The van der Waals surface area contributed by atoms with Gasteiger partial charge in [-0.3, -0.25) is 4.57 Å². The van der Waals surface area contributed by atoms with Gasteiger partial charge in [0.1, 0.15) is 6.33 Å². The van der Waals surface area contributed by atoms with Gasteiger partial charge in [-0.1, -0.05) is 0 Å². The second-order valence-corrected chi connectivity index (χ2v) is 4.98. The molecule has 0 amide bonds. The summed E-state index contributed by atoms with van der Waals surface area (Å²) in [5, 5.41) is 13.4. The number of anilines is 2. The number of aliphatic hydroxyl groups is 1. The SMILES string of the molecule is Nc1nc(NCC2(O)CCOCC2)nc(-n2ccnc2)n1. The number of hydrogen-bond acceptors (Lipinski definition) is 8. The third-order valence-electron chi connectivity index (χ3n) is 3.38. The first kappa shape index (κ1) is 13.7. The highest BCUT2D eigenvalue weighted by molar-refractivity contribution is 5.35. The molecule has 1 fully saturated rings. The molecule has 0 spiro atoms. The summed E-state index contributed by atoms with van der Waals surface area (Å²) in [4.78, 5) is 16.3. The van der Waals surface area contributed by atoms with Crippen molar-refractivity contribution in [3.05, 3.63) is 18.7 Å². The standard InChI is InChI=1S/C12H17N7O2/c13-9-16-10(15-7-12(20)1-5-21-6-2-12)18-11(17-9)19-4-3-14-8-19/h3-4,8,20H,1-2,5-7H2,(H3,13,15,16,17,18). The molecule has 4 N–H and O–H groups in total. The maximum atomic E-state index is 10.4. The van der Waals surface area contributed by atoms with Crippen LogP contribution in [0.2, 0.25) is 0 Å². The van der Waals surface area contributed by atoms with E-state index in [-0.39, 0.29) is 5.95 Å². The molecule has 2 aromatic heterocycles. The van der Waals surface area contributed by atoms with Crippen LogP contribution < -0.4 is 11.1 Å². The van der Waals surface area contributed by atoms with Gasteiger partial charge in [-0.2, -0.15) is 15.0 Å². The van der Waals surface area contributed by atoms with Crippen LogP contribution in [0.15, 0.2) is 18.7 Å². The number of nitrogen functional groups attached to an aromatic ring is 1. The first-order valence-electron chi connectivity index (χ1n) is 6.69. The summed E-state index contributed by atoms with van der Waals surface area (Å²) in [6.07, 6.45) is 6.07. The normalized spacial score (nSPS) is 17.6. The predicted molar refractivity (Wildman–Crippen MR) is 74.9 cm³/mol. The van der Waals surface area contributed by atoms with Crippen LogP contribution >= 0.6 is 0 Å². The molecule has 0 aliphatic carbocycles. The highest BCUT2D eigenvalue weighted by Gasteiger charge is 2.29. The fourth-order valence-electron chi connectivity index (χ4n) is 2.12. The Morgan fingerprint density at radius 2 is 2.14 bits per heavy atom. The lowest BCUT2D eigenvalue weighted by Gasteiger charge is -2.32. The first-order valence-corrected chi connectivity index (χ1v) is 6.69. The van der Waals surface area contributed by atoms with Crippen molar-refractivity contribution in [1.29, 1.82) is 0 Å². The summed E-state index contributed by atoms with van der Waals surface area (Å²) in [7, 11) is 0. The van der Waals surface area contributed by atoms with Crippen molar-refractivity contribution in [1.82, 2.24) is 24.5 Å². The molecule has 3 rings (SSSR count). The molecule has 21 heavy (non-hydrogen) atoms. The second kappa shape index (κ2) is 5.62. The first-order chi connectivity index (χ1) is 10.1. The molecule has 0 saturated carbocycles. The average Bonchev–Trinajstić information content (AvgIpc) is 3.00. The summed E-state index contributed by atoms with van der Waals surface area (Å²) in [5.74, 6) is 0.808. The van der Waals surface area contributed by atoms with Crippen LogP contribution in [0.25, 0.3) is 5.95 Å². The van der Waals surface area contributed by atoms with Crippen LogP contribution in [0.3, 0.4) is 0 Å². The molecule has 0 atom stereocenters. The van der Waals surface area contributed by atoms with Gasteiger partial charge < -0.3 is 20.9 Å². The Kier molecular flexibility index (Phi) is 3.67. The lowest BCUT2D eigenvalue weighted by Crippen LogP contribution is -2.42. The molecule has 0 unspecified atom stereocenters. The maximum Gasteiger partial charge on any atom is 0.241 e. The number of rotatable bonds is 4. The van der Waals surface area contributed by atoms with Gasteiger partial charge in [0.2, 0.25) is 17.8 Å². The van der Waals surface area contributed by atoms with Crippen molar-refractivity contribution in [2.75, 3.05) is 30.8 Å². The highest BCUT2D eigenvalue weighted by Crippen LogP contribution is 2.20. The highest BCUT2D eigenvalue weighted by atomic mass is 16.5. The number of nitrogens with one attached hydrogen (secondary N) is 1. The molecule has 112 valence electrons. The minimum atomic E-state index is -0.811. The summed E-state index contributed by atoms with van der Waals surface area (Å²) in [6, 6.07) is 0. The monoisotopic (exact) mass is 291 g/mol. The zero-order valence-corrected chi connectivity index (χ0v) is 11.4. The van der Waals surface area contributed by atoms with E-state index in [1.54, 1.807) is 23.3 Å². The van der Waals surface area contributed by atoms with Gasteiger partial charge in [-0.15, -0.1) is 0 Å². The third kappa shape index (κ3) is 3.26. The number of nitrogens with two attached hydrogens (primary N) is 1. The van der Waals surface area contributed by atoms with Crippen molar-refractivity contribution in [3.8, 4) is 5.95 Å². The van der Waals surface area contributed by atoms with E-state index < -0.39 is 5.60 Å². The van der Waals surface area contributed by atoms with Gasteiger partial charge in [0.05, 0.1) is 5.60 Å². The Bertz CT molecular complexity index is 596. The van der Waals surface area contributed by atoms with Crippen LogP contribution in [0.4, 0.5) is 11.9 Å². The largest absolute Gasteiger partial charge is 0.388 e. The third-order valence-corrected chi connectivity index (χ3v) is 3.38. The van der Waals surface area contributed by atoms with E-state index in [0.717, 1.165) is 0 Å². The Balaban J connectivity index is 1.73. The molecule has 1 aliphatic heterocycles. The van der Waals surface area contributed by atoms with Gasteiger partial charge in [0.15, 0.2) is 0 Å². The molecule has 2 aromatic rings. The van der Waals surface area contributed by atoms with Crippen molar-refractivity contribution in [3.63, 3.8) is 0 Å². The molecule has 0 bridgehead atoms. The van der Waals surface area contributed by atoms with Gasteiger partial charge in [0.25, 0.3) is 0 Å². The molecular weight excluding hydrogens is 274 g/mol. The lowest BCUT2D eigenvalue weighted by atomic mass is 9.94. The van der Waals surface area contributed by atoms with E-state index in [2.05, 4.69) is 25.3 Å². The van der Waals surface area contributed by atoms with E-state index in [1.807, 2.05) is 0 Å². The van der Waals surface area contributed by atoms with Crippen LogP contribution in [0, 0.1) is 0 Å². The Hall–Kier alpha value is -2.26. The minimum absolute atomic E-state index is 0.107. The Labute approximate surface area is 121 Å². The van der Waals surface area contributed by atoms with Crippen molar-refractivity contribution in [2.45, 2.75) is 18.4 Å². The number of hydrogen-bond donors (Lipinski definition) is 3. The number of imidazole rings is 1. The Morgan fingerprint density at radius 3 is 2.86 bits per heavy atom. The molecule has 3 heterocycles. The summed E-state index contributed by atoms with van der Waals surface area (Å²) in [6.45, 7) is 1.44. The second-order valence-electron chi connectivity index (χ2n) is 4.98. The lowest BCUT2D eigenvalue weighted by molar-refractivity contribution is -0.0544. The van der Waals surface area contributed by atoms with Crippen molar-refractivity contribution < 1.29 is 9.84 Å². The molecule has 9 heteroatoms. The van der Waals surface area contributed by atoms with Crippen LogP contribution in [-0.2, 0) is 4.74 Å². The van der Waals surface area contributed by atoms with Gasteiger partial charge in [0, 0.05) is 45.0 Å². The fourth-order valence-corrected chi connectivity index (χ4v) is 2.12. The van der Waals surface area contributed by atoms with E-state index in [1.165, 1.54) is 0 Å². The summed E-state index contributed by atoms with van der Waals surface area (Å²) >= 11 is 0. The summed E-state index contributed by atoms with van der Waals surface area (Å²) in [5.41, 5.74) is 4.88. The van der Waals surface area contributed by atoms with E-state index >= 15 is 0 Å². The predicted octanol–water partition coefficient (Wildman–Crippen LogP) is -0.407. The molecule has 9 nitrogen and oxygen atoms in total. The topological polar surface area (TPSA) is 124 Å². The fraction of sp³-hybridized carbons (Fsp3) is 0.500. The number of aromatic nitrogens is 5. The molecule has 0 radical (unpaired) electrons. The average molecular weight is 291 g/mol. The van der Waals surface area contributed by atoms with Crippen LogP contribution in [-0.4, -0.2) is 55.0 Å². The maximum absolute atomic E-state index is 10.4. The zero-order chi connectivity index (χ0) is 14.7. The van der Waals surface area contributed by atoms with Gasteiger partial charge >= 0.3 is 0 Å².